The minimum absolute atomic E-state index is 0.0428. The zero-order valence-electron chi connectivity index (χ0n) is 13.1. The van der Waals surface area contributed by atoms with Gasteiger partial charge < -0.3 is 16.2 Å². The molecule has 0 fully saturated rings. The fourth-order valence-corrected chi connectivity index (χ4v) is 1.78. The van der Waals surface area contributed by atoms with Crippen LogP contribution in [0.25, 0.3) is 0 Å². The number of nitrogen functional groups attached to an aromatic ring is 2. The van der Waals surface area contributed by atoms with E-state index in [4.69, 9.17) is 16.2 Å². The van der Waals surface area contributed by atoms with E-state index in [1.54, 1.807) is 0 Å². The molecular formula is C16H19N5O2. The summed E-state index contributed by atoms with van der Waals surface area (Å²) in [6.07, 6.45) is 0.977. The molecule has 7 heteroatoms. The summed E-state index contributed by atoms with van der Waals surface area (Å²) in [4.78, 5) is 15.5. The first-order valence-electron chi connectivity index (χ1n) is 7.24. The first-order valence-corrected chi connectivity index (χ1v) is 7.24. The van der Waals surface area contributed by atoms with Gasteiger partial charge in [0.1, 0.15) is 5.69 Å². The maximum atomic E-state index is 11.6. The van der Waals surface area contributed by atoms with Crippen molar-refractivity contribution in [2.24, 2.45) is 10.2 Å². The maximum absolute atomic E-state index is 11.6. The van der Waals surface area contributed by atoms with Crippen LogP contribution in [0.3, 0.4) is 0 Å². The van der Waals surface area contributed by atoms with Gasteiger partial charge in [0.2, 0.25) is 0 Å². The summed E-state index contributed by atoms with van der Waals surface area (Å²) in [6, 6.07) is 8.99. The fraction of sp³-hybridized carbons (Fsp3) is 0.250. The molecule has 1 heterocycles. The normalized spacial score (nSPS) is 10.9. The lowest BCUT2D eigenvalue weighted by molar-refractivity contribution is -0.134. The van der Waals surface area contributed by atoms with Crippen molar-refractivity contribution >= 4 is 29.0 Å². The molecule has 0 saturated heterocycles. The van der Waals surface area contributed by atoms with Crippen molar-refractivity contribution in [2.75, 3.05) is 11.5 Å². The van der Waals surface area contributed by atoms with Crippen LogP contribution in [0.2, 0.25) is 0 Å². The molecule has 120 valence electrons. The van der Waals surface area contributed by atoms with Gasteiger partial charge in [-0.15, -0.1) is 5.11 Å². The van der Waals surface area contributed by atoms with Crippen molar-refractivity contribution in [1.29, 1.82) is 0 Å². The Bertz CT molecular complexity index is 726. The highest BCUT2D eigenvalue weighted by Crippen LogP contribution is 2.31. The van der Waals surface area contributed by atoms with Gasteiger partial charge in [-0.25, -0.2) is 4.98 Å². The van der Waals surface area contributed by atoms with Crippen molar-refractivity contribution in [3.8, 4) is 5.75 Å². The predicted molar refractivity (Wildman–Crippen MR) is 89.0 cm³/mol. The lowest BCUT2D eigenvalue weighted by Crippen LogP contribution is -2.09. The van der Waals surface area contributed by atoms with Crippen LogP contribution >= 0.6 is 0 Å². The zero-order valence-corrected chi connectivity index (χ0v) is 13.1. The molecule has 1 aromatic carbocycles. The zero-order chi connectivity index (χ0) is 16.8. The minimum Gasteiger partial charge on any atom is -0.422 e. The molecule has 0 amide bonds. The van der Waals surface area contributed by atoms with Crippen molar-refractivity contribution in [1.82, 2.24) is 4.98 Å². The van der Waals surface area contributed by atoms with Gasteiger partial charge in [-0.1, -0.05) is 24.6 Å². The molecule has 0 bridgehead atoms. The quantitative estimate of drug-likeness (QED) is 0.645. The number of carbonyl (C=O) groups excluding carboxylic acids is 1. The van der Waals surface area contributed by atoms with E-state index in [1.165, 1.54) is 6.07 Å². The van der Waals surface area contributed by atoms with E-state index in [0.717, 1.165) is 5.56 Å². The topological polar surface area (TPSA) is 116 Å². The van der Waals surface area contributed by atoms with E-state index in [1.807, 2.05) is 38.1 Å². The number of pyridine rings is 1. The van der Waals surface area contributed by atoms with Gasteiger partial charge in [-0.05, 0) is 25.5 Å². The number of carbonyl (C=O) groups is 1. The van der Waals surface area contributed by atoms with Gasteiger partial charge in [-0.2, -0.15) is 5.11 Å². The summed E-state index contributed by atoms with van der Waals surface area (Å²) in [5.41, 5.74) is 13.6. The number of nitrogens with zero attached hydrogens (tertiary/aromatic N) is 3. The molecular weight excluding hydrogens is 294 g/mol. The molecule has 0 atom stereocenters. The lowest BCUT2D eigenvalue weighted by Gasteiger charge is -2.08. The first-order chi connectivity index (χ1) is 11.0. The monoisotopic (exact) mass is 313 g/mol. The molecule has 0 saturated carbocycles. The van der Waals surface area contributed by atoms with Crippen LogP contribution in [0.1, 0.15) is 25.3 Å². The van der Waals surface area contributed by atoms with Crippen LogP contribution in [-0.2, 0) is 4.79 Å². The number of rotatable bonds is 5. The number of benzene rings is 1. The number of hydrogen-bond acceptors (Lipinski definition) is 7. The highest BCUT2D eigenvalue weighted by molar-refractivity contribution is 5.76. The molecule has 7 nitrogen and oxygen atoms in total. The second-order valence-corrected chi connectivity index (χ2v) is 5.04. The fourth-order valence-electron chi connectivity index (χ4n) is 1.78. The molecule has 1 aromatic heterocycles. The third kappa shape index (κ3) is 4.50. The summed E-state index contributed by atoms with van der Waals surface area (Å²) in [5.74, 6) is -0.0856. The number of aromatic nitrogens is 1. The van der Waals surface area contributed by atoms with E-state index in [0.29, 0.717) is 24.2 Å². The van der Waals surface area contributed by atoms with E-state index < -0.39 is 0 Å². The van der Waals surface area contributed by atoms with Gasteiger partial charge in [0.05, 0.1) is 5.69 Å². The molecule has 0 aliphatic heterocycles. The van der Waals surface area contributed by atoms with Gasteiger partial charge in [0.15, 0.2) is 17.4 Å². The van der Waals surface area contributed by atoms with E-state index in [2.05, 4.69) is 15.2 Å². The SMILES string of the molecule is CCCC(=O)Oc1cc(/N=N/c2ccc(C)cc2)c(N)nc1N. The van der Waals surface area contributed by atoms with Crippen LogP contribution in [-0.4, -0.2) is 11.0 Å². The highest BCUT2D eigenvalue weighted by atomic mass is 16.5. The van der Waals surface area contributed by atoms with Crippen molar-refractivity contribution in [2.45, 2.75) is 26.7 Å². The number of nitrogens with two attached hydrogens (primary N) is 2. The van der Waals surface area contributed by atoms with Crippen LogP contribution in [0.4, 0.5) is 23.0 Å². The number of esters is 1. The maximum Gasteiger partial charge on any atom is 0.311 e. The Morgan fingerprint density at radius 2 is 1.87 bits per heavy atom. The van der Waals surface area contributed by atoms with Crippen molar-refractivity contribution in [3.63, 3.8) is 0 Å². The van der Waals surface area contributed by atoms with E-state index in [9.17, 15) is 4.79 Å². The average molecular weight is 313 g/mol. The van der Waals surface area contributed by atoms with E-state index in [-0.39, 0.29) is 23.4 Å². The molecule has 0 spiro atoms. The largest absolute Gasteiger partial charge is 0.422 e. The molecule has 0 radical (unpaired) electrons. The van der Waals surface area contributed by atoms with Crippen LogP contribution in [0.15, 0.2) is 40.6 Å². The van der Waals surface area contributed by atoms with Gasteiger partial charge in [0.25, 0.3) is 0 Å². The molecule has 4 N–H and O–H groups in total. The Kier molecular flexibility index (Phi) is 5.24. The number of hydrogen-bond donors (Lipinski definition) is 2. The van der Waals surface area contributed by atoms with Crippen LogP contribution in [0, 0.1) is 6.92 Å². The van der Waals surface area contributed by atoms with Crippen LogP contribution < -0.4 is 16.2 Å². The molecule has 0 aliphatic carbocycles. The molecule has 2 rings (SSSR count). The third-order valence-corrected chi connectivity index (χ3v) is 3.01. The number of aryl methyl sites for hydroxylation is 1. The summed E-state index contributed by atoms with van der Waals surface area (Å²) < 4.78 is 5.17. The predicted octanol–water partition coefficient (Wildman–Crippen LogP) is 3.68. The molecule has 2 aromatic rings. The number of azo groups is 1. The Morgan fingerprint density at radius 3 is 2.52 bits per heavy atom. The first kappa shape index (κ1) is 16.4. The third-order valence-electron chi connectivity index (χ3n) is 3.01. The molecule has 23 heavy (non-hydrogen) atoms. The standard InChI is InChI=1S/C16H19N5O2/c1-3-4-14(22)23-13-9-12(15(17)19-16(13)18)21-20-11-7-5-10(2)6-8-11/h5-9H,3-4H2,1-2H3,(H4,17,18,19)/b21-20+. The Hall–Kier alpha value is -2.96. The average Bonchev–Trinajstić information content (AvgIpc) is 2.50. The lowest BCUT2D eigenvalue weighted by atomic mass is 10.2. The van der Waals surface area contributed by atoms with E-state index >= 15 is 0 Å². The summed E-state index contributed by atoms with van der Waals surface area (Å²) in [7, 11) is 0. The molecule has 0 aliphatic rings. The van der Waals surface area contributed by atoms with Crippen molar-refractivity contribution in [3.05, 3.63) is 35.9 Å². The van der Waals surface area contributed by atoms with Crippen molar-refractivity contribution < 1.29 is 9.53 Å². The Morgan fingerprint density at radius 1 is 1.17 bits per heavy atom. The Balaban J connectivity index is 2.24. The Labute approximate surface area is 134 Å². The minimum atomic E-state index is -0.382. The highest BCUT2D eigenvalue weighted by Gasteiger charge is 2.12. The van der Waals surface area contributed by atoms with Gasteiger partial charge >= 0.3 is 5.97 Å². The second kappa shape index (κ2) is 7.35. The van der Waals surface area contributed by atoms with Crippen LogP contribution in [0.5, 0.6) is 5.75 Å². The summed E-state index contributed by atoms with van der Waals surface area (Å²) in [6.45, 7) is 3.87. The smallest absolute Gasteiger partial charge is 0.311 e. The second-order valence-electron chi connectivity index (χ2n) is 5.04. The summed E-state index contributed by atoms with van der Waals surface area (Å²) >= 11 is 0. The molecule has 0 unspecified atom stereocenters. The number of ether oxygens (including phenoxy) is 1. The van der Waals surface area contributed by atoms with Gasteiger partial charge in [0, 0.05) is 12.5 Å². The summed E-state index contributed by atoms with van der Waals surface area (Å²) in [5, 5.41) is 8.14. The van der Waals surface area contributed by atoms with Gasteiger partial charge in [-0.3, -0.25) is 4.79 Å². The number of anilines is 2.